The monoisotopic (exact) mass is 241 g/mol. The maximum absolute atomic E-state index is 10.5. The Bertz CT molecular complexity index is 477. The van der Waals surface area contributed by atoms with Gasteiger partial charge in [-0.15, -0.1) is 0 Å². The number of nitro groups is 1. The van der Waals surface area contributed by atoms with Crippen LogP contribution in [0.4, 0.5) is 5.69 Å². The zero-order valence-electron chi connectivity index (χ0n) is 6.36. The summed E-state index contributed by atoms with van der Waals surface area (Å²) in [6, 6.07) is 4.59. The molecule has 0 aliphatic heterocycles. The van der Waals surface area contributed by atoms with Gasteiger partial charge in [0.15, 0.2) is 0 Å². The molecule has 0 N–H and O–H groups in total. The van der Waals surface area contributed by atoms with E-state index in [2.05, 4.69) is 15.9 Å². The number of rotatable bonds is 1. The predicted octanol–water partition coefficient (Wildman–Crippen LogP) is 3.10. The highest BCUT2D eigenvalue weighted by atomic mass is 79.9. The summed E-state index contributed by atoms with van der Waals surface area (Å²) < 4.78 is 5.71. The minimum Gasteiger partial charge on any atom is -0.463 e. The predicted molar refractivity (Wildman–Crippen MR) is 50.6 cm³/mol. The summed E-state index contributed by atoms with van der Waals surface area (Å²) >= 11 is 3.20. The second kappa shape index (κ2) is 2.85. The molecule has 0 spiro atoms. The highest BCUT2D eigenvalue weighted by Gasteiger charge is 2.11. The van der Waals surface area contributed by atoms with Crippen LogP contribution in [0, 0.1) is 10.1 Å². The molecule has 0 saturated carbocycles. The third-order valence-corrected chi connectivity index (χ3v) is 2.29. The number of hydrogen-bond acceptors (Lipinski definition) is 3. The molecule has 0 aliphatic carbocycles. The van der Waals surface area contributed by atoms with Gasteiger partial charge in [-0.2, -0.15) is 0 Å². The Hall–Kier alpha value is -1.36. The quantitative estimate of drug-likeness (QED) is 0.570. The number of hydrogen-bond donors (Lipinski definition) is 0. The summed E-state index contributed by atoms with van der Waals surface area (Å²) in [5, 5.41) is 11.2. The van der Waals surface area contributed by atoms with Gasteiger partial charge in [-0.05, 0) is 22.0 Å². The molecule has 0 amide bonds. The Balaban J connectivity index is 2.77. The van der Waals surface area contributed by atoms with Crippen LogP contribution >= 0.6 is 15.9 Å². The first-order valence-corrected chi connectivity index (χ1v) is 4.29. The fourth-order valence-electron chi connectivity index (χ4n) is 1.13. The van der Waals surface area contributed by atoms with Crippen molar-refractivity contribution in [1.29, 1.82) is 0 Å². The Morgan fingerprint density at radius 3 is 2.92 bits per heavy atom. The van der Waals surface area contributed by atoms with Crippen molar-refractivity contribution < 1.29 is 9.34 Å². The minimum absolute atomic E-state index is 0.0563. The van der Waals surface area contributed by atoms with Crippen LogP contribution in [-0.2, 0) is 0 Å². The van der Waals surface area contributed by atoms with Gasteiger partial charge in [0.25, 0.3) is 5.69 Å². The molecule has 1 aromatic heterocycles. The maximum Gasteiger partial charge on any atom is 0.271 e. The van der Waals surface area contributed by atoms with Crippen molar-refractivity contribution in [2.75, 3.05) is 0 Å². The van der Waals surface area contributed by atoms with Crippen LogP contribution in [0.2, 0.25) is 0 Å². The zero-order chi connectivity index (χ0) is 9.42. The molecule has 0 radical (unpaired) electrons. The van der Waals surface area contributed by atoms with Crippen LogP contribution in [0.5, 0.6) is 0 Å². The molecule has 0 atom stereocenters. The van der Waals surface area contributed by atoms with Crippen LogP contribution in [0.25, 0.3) is 11.0 Å². The first-order valence-electron chi connectivity index (χ1n) is 3.49. The molecule has 0 aliphatic rings. The molecular formula is C8H4BrNO3. The molecule has 2 aromatic rings. The van der Waals surface area contributed by atoms with E-state index in [0.717, 1.165) is 5.39 Å². The van der Waals surface area contributed by atoms with Crippen LogP contribution in [0.1, 0.15) is 0 Å². The van der Waals surface area contributed by atoms with E-state index in [1.165, 1.54) is 18.4 Å². The molecule has 1 heterocycles. The van der Waals surface area contributed by atoms with Crippen molar-refractivity contribution in [2.45, 2.75) is 0 Å². The summed E-state index contributed by atoms with van der Waals surface area (Å²) in [5.74, 6) is 0. The van der Waals surface area contributed by atoms with Crippen LogP contribution in [-0.4, -0.2) is 4.92 Å². The summed E-state index contributed by atoms with van der Waals surface area (Å²) in [4.78, 5) is 10.0. The van der Waals surface area contributed by atoms with Gasteiger partial charge >= 0.3 is 0 Å². The van der Waals surface area contributed by atoms with E-state index in [9.17, 15) is 10.1 Å². The van der Waals surface area contributed by atoms with Crippen molar-refractivity contribution in [3.05, 3.63) is 39.0 Å². The SMILES string of the molecule is O=[N+]([O-])c1cc(Br)c2occc2c1. The number of fused-ring (bicyclic) bond motifs is 1. The Kier molecular flexibility index (Phi) is 1.81. The molecular weight excluding hydrogens is 238 g/mol. The zero-order valence-corrected chi connectivity index (χ0v) is 7.95. The Morgan fingerprint density at radius 2 is 2.23 bits per heavy atom. The molecule has 1 aromatic carbocycles. The summed E-state index contributed by atoms with van der Waals surface area (Å²) in [7, 11) is 0. The second-order valence-electron chi connectivity index (χ2n) is 2.52. The molecule has 0 bridgehead atoms. The first-order chi connectivity index (χ1) is 6.18. The number of nitro benzene ring substituents is 1. The van der Waals surface area contributed by atoms with Crippen molar-refractivity contribution >= 4 is 32.6 Å². The van der Waals surface area contributed by atoms with Crippen LogP contribution in [0.15, 0.2) is 33.4 Å². The van der Waals surface area contributed by atoms with E-state index in [-0.39, 0.29) is 5.69 Å². The highest BCUT2D eigenvalue weighted by Crippen LogP contribution is 2.29. The lowest BCUT2D eigenvalue weighted by molar-refractivity contribution is -0.384. The number of non-ortho nitro benzene ring substituents is 1. The van der Waals surface area contributed by atoms with Crippen molar-refractivity contribution in [2.24, 2.45) is 0 Å². The molecule has 13 heavy (non-hydrogen) atoms. The molecule has 0 unspecified atom stereocenters. The molecule has 0 fully saturated rings. The standard InChI is InChI=1S/C8H4BrNO3/c9-7-4-6(10(11)12)3-5-1-2-13-8(5)7/h1-4H. The molecule has 5 heteroatoms. The largest absolute Gasteiger partial charge is 0.463 e. The number of nitrogens with zero attached hydrogens (tertiary/aromatic N) is 1. The summed E-state index contributed by atoms with van der Waals surface area (Å²) in [6.07, 6.45) is 1.50. The van der Waals surface area contributed by atoms with Gasteiger partial charge in [0, 0.05) is 17.5 Å². The fourth-order valence-corrected chi connectivity index (χ4v) is 1.69. The van der Waals surface area contributed by atoms with E-state index >= 15 is 0 Å². The molecule has 0 saturated heterocycles. The Morgan fingerprint density at radius 1 is 1.46 bits per heavy atom. The van der Waals surface area contributed by atoms with Crippen LogP contribution < -0.4 is 0 Å². The van der Waals surface area contributed by atoms with Crippen LogP contribution in [0.3, 0.4) is 0 Å². The lowest BCUT2D eigenvalue weighted by atomic mass is 10.2. The lowest BCUT2D eigenvalue weighted by Crippen LogP contribution is -1.86. The average molecular weight is 242 g/mol. The highest BCUT2D eigenvalue weighted by molar-refractivity contribution is 9.10. The number of halogens is 1. The average Bonchev–Trinajstić information content (AvgIpc) is 2.51. The number of benzene rings is 1. The molecule has 4 nitrogen and oxygen atoms in total. The summed E-state index contributed by atoms with van der Waals surface area (Å²) in [6.45, 7) is 0. The fraction of sp³-hybridized carbons (Fsp3) is 0. The smallest absolute Gasteiger partial charge is 0.271 e. The van der Waals surface area contributed by atoms with Gasteiger partial charge in [-0.3, -0.25) is 10.1 Å². The van der Waals surface area contributed by atoms with Gasteiger partial charge in [0.2, 0.25) is 0 Å². The topological polar surface area (TPSA) is 56.3 Å². The van der Waals surface area contributed by atoms with E-state index in [1.54, 1.807) is 6.07 Å². The van der Waals surface area contributed by atoms with Crippen molar-refractivity contribution in [3.8, 4) is 0 Å². The van der Waals surface area contributed by atoms with Gasteiger partial charge in [-0.25, -0.2) is 0 Å². The van der Waals surface area contributed by atoms with E-state index in [0.29, 0.717) is 10.1 Å². The third kappa shape index (κ3) is 1.31. The van der Waals surface area contributed by atoms with E-state index in [4.69, 9.17) is 4.42 Å². The summed E-state index contributed by atoms with van der Waals surface area (Å²) in [5.41, 5.74) is 0.686. The molecule has 66 valence electrons. The van der Waals surface area contributed by atoms with Gasteiger partial charge in [0.05, 0.1) is 15.7 Å². The van der Waals surface area contributed by atoms with Gasteiger partial charge < -0.3 is 4.42 Å². The normalized spacial score (nSPS) is 10.5. The van der Waals surface area contributed by atoms with Crippen molar-refractivity contribution in [3.63, 3.8) is 0 Å². The van der Waals surface area contributed by atoms with Gasteiger partial charge in [0.1, 0.15) is 5.58 Å². The molecule has 2 rings (SSSR count). The minimum atomic E-state index is -0.433. The second-order valence-corrected chi connectivity index (χ2v) is 3.38. The van der Waals surface area contributed by atoms with Gasteiger partial charge in [-0.1, -0.05) is 0 Å². The maximum atomic E-state index is 10.5. The number of furan rings is 1. The lowest BCUT2D eigenvalue weighted by Gasteiger charge is -1.93. The third-order valence-electron chi connectivity index (χ3n) is 1.70. The van der Waals surface area contributed by atoms with Crippen molar-refractivity contribution in [1.82, 2.24) is 0 Å². The Labute approximate surface area is 81.4 Å². The van der Waals surface area contributed by atoms with E-state index in [1.807, 2.05) is 0 Å². The first kappa shape index (κ1) is 8.25. The van der Waals surface area contributed by atoms with E-state index < -0.39 is 4.92 Å².